The fourth-order valence-corrected chi connectivity index (χ4v) is 4.35. The minimum Gasteiger partial charge on any atom is -0.348 e. The number of pyridine rings is 1. The molecule has 1 aliphatic heterocycles. The number of aryl methyl sites for hydroxylation is 3. The molecule has 0 aromatic carbocycles. The zero-order chi connectivity index (χ0) is 22.0. The van der Waals surface area contributed by atoms with Crippen LogP contribution in [0.5, 0.6) is 0 Å². The van der Waals surface area contributed by atoms with Crippen LogP contribution in [0.2, 0.25) is 0 Å². The normalized spacial score (nSPS) is 13.5. The van der Waals surface area contributed by atoms with Crippen molar-refractivity contribution in [2.24, 2.45) is 7.05 Å². The molecule has 0 fully saturated rings. The fraction of sp³-hybridized carbons (Fsp3) is 0.304. The Morgan fingerprint density at radius 2 is 2.16 bits per heavy atom. The SMILES string of the molecule is Cc1ncc2c(c1CNC(=O)C=Cc1cccs1)CCN(C(=O)c1cc(C)n(C)n1)C2. The zero-order valence-electron chi connectivity index (χ0n) is 17.9. The molecule has 0 atom stereocenters. The van der Waals surface area contributed by atoms with Crippen molar-refractivity contribution in [2.45, 2.75) is 33.4 Å². The summed E-state index contributed by atoms with van der Waals surface area (Å²) in [6.07, 6.45) is 5.94. The van der Waals surface area contributed by atoms with E-state index in [0.717, 1.165) is 33.8 Å². The molecule has 2 amide bonds. The number of aromatic nitrogens is 3. The Hall–Kier alpha value is -3.26. The minimum absolute atomic E-state index is 0.0662. The van der Waals surface area contributed by atoms with Crippen LogP contribution in [-0.2, 0) is 31.4 Å². The monoisotopic (exact) mass is 435 g/mol. The molecule has 1 aliphatic rings. The van der Waals surface area contributed by atoms with E-state index in [4.69, 9.17) is 0 Å². The average molecular weight is 436 g/mol. The molecule has 0 aliphatic carbocycles. The van der Waals surface area contributed by atoms with Crippen LogP contribution in [0.4, 0.5) is 0 Å². The number of rotatable bonds is 5. The van der Waals surface area contributed by atoms with Gasteiger partial charge in [-0.25, -0.2) is 0 Å². The Kier molecular flexibility index (Phi) is 5.99. The molecule has 0 radical (unpaired) electrons. The van der Waals surface area contributed by atoms with Crippen LogP contribution in [0.15, 0.2) is 35.9 Å². The highest BCUT2D eigenvalue weighted by Crippen LogP contribution is 2.25. The quantitative estimate of drug-likeness (QED) is 0.625. The number of hydrogen-bond acceptors (Lipinski definition) is 5. The molecular weight excluding hydrogens is 410 g/mol. The van der Waals surface area contributed by atoms with Gasteiger partial charge in [0.05, 0.1) is 0 Å². The van der Waals surface area contributed by atoms with Crippen LogP contribution in [0, 0.1) is 13.8 Å². The number of thiophene rings is 1. The first-order chi connectivity index (χ1) is 14.9. The summed E-state index contributed by atoms with van der Waals surface area (Å²) in [5, 5.41) is 9.26. The lowest BCUT2D eigenvalue weighted by Gasteiger charge is -2.30. The van der Waals surface area contributed by atoms with Gasteiger partial charge < -0.3 is 10.2 Å². The molecule has 160 valence electrons. The van der Waals surface area contributed by atoms with E-state index in [1.54, 1.807) is 22.1 Å². The van der Waals surface area contributed by atoms with Gasteiger partial charge in [0.1, 0.15) is 0 Å². The maximum atomic E-state index is 12.9. The largest absolute Gasteiger partial charge is 0.348 e. The van der Waals surface area contributed by atoms with Gasteiger partial charge in [0.25, 0.3) is 5.91 Å². The highest BCUT2D eigenvalue weighted by atomic mass is 32.1. The van der Waals surface area contributed by atoms with Crippen molar-refractivity contribution in [1.29, 1.82) is 0 Å². The average Bonchev–Trinajstić information content (AvgIpc) is 3.40. The van der Waals surface area contributed by atoms with E-state index in [1.807, 2.05) is 61.6 Å². The molecule has 0 spiro atoms. The molecule has 3 aromatic heterocycles. The van der Waals surface area contributed by atoms with Crippen molar-refractivity contribution in [2.75, 3.05) is 6.54 Å². The Morgan fingerprint density at radius 3 is 2.87 bits per heavy atom. The van der Waals surface area contributed by atoms with Crippen LogP contribution in [0.25, 0.3) is 6.08 Å². The van der Waals surface area contributed by atoms with Crippen molar-refractivity contribution >= 4 is 29.2 Å². The number of carbonyl (C=O) groups excluding carboxylic acids is 2. The molecule has 0 bridgehead atoms. The third-order valence-corrected chi connectivity index (χ3v) is 6.43. The molecule has 4 heterocycles. The smallest absolute Gasteiger partial charge is 0.274 e. The molecule has 0 unspecified atom stereocenters. The standard InChI is InChI=1S/C23H25N5O2S/c1-15-11-21(26-27(15)3)23(30)28-9-8-19-17(14-28)12-24-16(2)20(19)13-25-22(29)7-6-18-5-4-10-31-18/h4-7,10-12H,8-9,13-14H2,1-3H3,(H,25,29). The predicted octanol–water partition coefficient (Wildman–Crippen LogP) is 3.02. The summed E-state index contributed by atoms with van der Waals surface area (Å²) in [7, 11) is 1.83. The van der Waals surface area contributed by atoms with E-state index in [9.17, 15) is 9.59 Å². The third kappa shape index (κ3) is 4.59. The van der Waals surface area contributed by atoms with E-state index in [-0.39, 0.29) is 11.8 Å². The van der Waals surface area contributed by atoms with Crippen LogP contribution < -0.4 is 5.32 Å². The second-order valence-corrected chi connectivity index (χ2v) is 8.64. The van der Waals surface area contributed by atoms with Gasteiger partial charge in [-0.05, 0) is 60.5 Å². The van der Waals surface area contributed by atoms with Gasteiger partial charge >= 0.3 is 0 Å². The first-order valence-corrected chi connectivity index (χ1v) is 11.1. The topological polar surface area (TPSA) is 80.1 Å². The molecule has 1 N–H and O–H groups in total. The van der Waals surface area contributed by atoms with Gasteiger partial charge in [-0.2, -0.15) is 5.10 Å². The Balaban J connectivity index is 1.45. The molecule has 8 heteroatoms. The number of amides is 2. The lowest BCUT2D eigenvalue weighted by Crippen LogP contribution is -2.37. The summed E-state index contributed by atoms with van der Waals surface area (Å²) < 4.78 is 1.71. The van der Waals surface area contributed by atoms with Gasteiger partial charge in [0.2, 0.25) is 5.91 Å². The molecule has 7 nitrogen and oxygen atoms in total. The van der Waals surface area contributed by atoms with Crippen LogP contribution in [-0.4, -0.2) is 38.0 Å². The van der Waals surface area contributed by atoms with Crippen molar-refractivity contribution < 1.29 is 9.59 Å². The molecule has 0 saturated heterocycles. The number of nitrogens with zero attached hydrogens (tertiary/aromatic N) is 4. The second-order valence-electron chi connectivity index (χ2n) is 7.66. The lowest BCUT2D eigenvalue weighted by atomic mass is 9.94. The lowest BCUT2D eigenvalue weighted by molar-refractivity contribution is -0.116. The van der Waals surface area contributed by atoms with Crippen molar-refractivity contribution in [3.8, 4) is 0 Å². The number of carbonyl (C=O) groups is 2. The second kappa shape index (κ2) is 8.85. The molecule has 31 heavy (non-hydrogen) atoms. The Bertz CT molecular complexity index is 1130. The summed E-state index contributed by atoms with van der Waals surface area (Å²) in [5.74, 6) is -0.202. The molecular formula is C23H25N5O2S. The predicted molar refractivity (Wildman–Crippen MR) is 121 cm³/mol. The highest BCUT2D eigenvalue weighted by Gasteiger charge is 2.26. The first kappa shape index (κ1) is 21.0. The van der Waals surface area contributed by atoms with Gasteiger partial charge in [0, 0.05) is 55.2 Å². The highest BCUT2D eigenvalue weighted by molar-refractivity contribution is 7.10. The Morgan fingerprint density at radius 1 is 1.32 bits per heavy atom. The summed E-state index contributed by atoms with van der Waals surface area (Å²) in [5.41, 5.74) is 5.56. The van der Waals surface area contributed by atoms with E-state index < -0.39 is 0 Å². The van der Waals surface area contributed by atoms with Crippen LogP contribution in [0.1, 0.15) is 43.4 Å². The summed E-state index contributed by atoms with van der Waals surface area (Å²) in [4.78, 5) is 32.5. The van der Waals surface area contributed by atoms with Gasteiger partial charge in [-0.15, -0.1) is 11.3 Å². The van der Waals surface area contributed by atoms with Crippen LogP contribution in [0.3, 0.4) is 0 Å². The van der Waals surface area contributed by atoms with Gasteiger partial charge in [0.15, 0.2) is 5.69 Å². The van der Waals surface area contributed by atoms with Crippen molar-refractivity contribution in [3.05, 3.63) is 74.5 Å². The van der Waals surface area contributed by atoms with E-state index in [2.05, 4.69) is 15.4 Å². The van der Waals surface area contributed by atoms with E-state index >= 15 is 0 Å². The maximum absolute atomic E-state index is 12.9. The third-order valence-electron chi connectivity index (χ3n) is 5.60. The van der Waals surface area contributed by atoms with Crippen molar-refractivity contribution in [3.63, 3.8) is 0 Å². The number of hydrogen-bond donors (Lipinski definition) is 1. The van der Waals surface area contributed by atoms with Crippen LogP contribution >= 0.6 is 11.3 Å². The van der Waals surface area contributed by atoms with E-state index in [0.29, 0.717) is 25.3 Å². The number of fused-ring (bicyclic) bond motifs is 1. The summed E-state index contributed by atoms with van der Waals surface area (Å²) >= 11 is 1.59. The summed E-state index contributed by atoms with van der Waals surface area (Å²) in [6, 6.07) is 5.74. The van der Waals surface area contributed by atoms with Crippen molar-refractivity contribution in [1.82, 2.24) is 25.0 Å². The first-order valence-electron chi connectivity index (χ1n) is 10.2. The maximum Gasteiger partial charge on any atom is 0.274 e. The number of nitrogens with one attached hydrogen (secondary N) is 1. The summed E-state index contributed by atoms with van der Waals surface area (Å²) in [6.45, 7) is 5.42. The minimum atomic E-state index is -0.136. The Labute approximate surface area is 185 Å². The molecule has 0 saturated carbocycles. The van der Waals surface area contributed by atoms with Gasteiger partial charge in [-0.1, -0.05) is 6.07 Å². The van der Waals surface area contributed by atoms with Gasteiger partial charge in [-0.3, -0.25) is 19.3 Å². The fourth-order valence-electron chi connectivity index (χ4n) is 3.74. The zero-order valence-corrected chi connectivity index (χ0v) is 18.7. The molecule has 3 aromatic rings. The molecule has 4 rings (SSSR count). The van der Waals surface area contributed by atoms with E-state index in [1.165, 1.54) is 5.56 Å².